The molecule has 0 bridgehead atoms. The topological polar surface area (TPSA) is 230 Å². The lowest BCUT2D eigenvalue weighted by molar-refractivity contribution is -0.134. The molecular weight excluding hydrogens is 678 g/mol. The van der Waals surface area contributed by atoms with E-state index >= 15 is 0 Å². The number of alkyl carbamates (subject to hydrolysis) is 1. The summed E-state index contributed by atoms with van der Waals surface area (Å²) in [6.07, 6.45) is 3.69. The number of aliphatic imine (C=N–C) groups is 1. The molecule has 14 heteroatoms. The zero-order valence-corrected chi connectivity index (χ0v) is 30.8. The minimum atomic E-state index is -0.964. The van der Waals surface area contributed by atoms with Crippen LogP contribution < -0.4 is 33.2 Å². The molecule has 1 fully saturated rings. The van der Waals surface area contributed by atoms with Crippen LogP contribution in [0.2, 0.25) is 0 Å². The van der Waals surface area contributed by atoms with E-state index in [-0.39, 0.29) is 56.0 Å². The standard InChI is InChI=1S/C39H57N7O7/c1-27(23-28-11-4-2-5-12-28)36(49)45-32(16-10-20-43-38(41)42)34(47)25-31(24-29-17-21-52-22-18-29)37(50)46-33(35(40)48)15-8-9-19-44-39(51)53-26-30-13-6-3-7-14-30/h2-7,11-14,27,29,31-33H,8-10,15-26H2,1H3,(H2,40,48)(H,44,51)(H,45,49)(H,46,50)(H4,41,42,43)/t27-,31+,32+,33-/m0/s1. The molecule has 0 spiro atoms. The van der Waals surface area contributed by atoms with Crippen molar-refractivity contribution in [1.82, 2.24) is 16.0 Å². The highest BCUT2D eigenvalue weighted by molar-refractivity contribution is 5.94. The van der Waals surface area contributed by atoms with Crippen molar-refractivity contribution >= 4 is 35.6 Å². The van der Waals surface area contributed by atoms with E-state index in [1.165, 1.54) is 0 Å². The van der Waals surface area contributed by atoms with Gasteiger partial charge in [0.15, 0.2) is 11.7 Å². The molecule has 0 saturated carbocycles. The summed E-state index contributed by atoms with van der Waals surface area (Å²) in [6.45, 7) is 3.67. The molecule has 1 aliphatic heterocycles. The van der Waals surface area contributed by atoms with Gasteiger partial charge in [-0.25, -0.2) is 4.79 Å². The number of carbonyl (C=O) groups is 5. The van der Waals surface area contributed by atoms with Crippen molar-refractivity contribution in [3.05, 3.63) is 71.8 Å². The molecule has 0 aromatic heterocycles. The van der Waals surface area contributed by atoms with Crippen LogP contribution >= 0.6 is 0 Å². The van der Waals surface area contributed by atoms with Gasteiger partial charge in [0, 0.05) is 44.6 Å². The summed E-state index contributed by atoms with van der Waals surface area (Å²) in [5.74, 6) is -2.78. The predicted octanol–water partition coefficient (Wildman–Crippen LogP) is 2.86. The fraction of sp³-hybridized carbons (Fsp3) is 0.538. The van der Waals surface area contributed by atoms with E-state index < -0.39 is 41.8 Å². The van der Waals surface area contributed by atoms with Gasteiger partial charge in [0.2, 0.25) is 17.7 Å². The van der Waals surface area contributed by atoms with Gasteiger partial charge in [0.25, 0.3) is 0 Å². The van der Waals surface area contributed by atoms with Gasteiger partial charge in [-0.2, -0.15) is 0 Å². The van der Waals surface area contributed by atoms with Crippen LogP contribution in [0.1, 0.15) is 75.8 Å². The number of ether oxygens (including phenoxy) is 2. The van der Waals surface area contributed by atoms with Crippen LogP contribution in [0.5, 0.6) is 0 Å². The van der Waals surface area contributed by atoms with Crippen molar-refractivity contribution in [2.24, 2.45) is 39.9 Å². The van der Waals surface area contributed by atoms with Crippen LogP contribution in [-0.2, 0) is 41.7 Å². The second kappa shape index (κ2) is 23.6. The molecule has 1 heterocycles. The number of rotatable bonds is 23. The highest BCUT2D eigenvalue weighted by Gasteiger charge is 2.32. The summed E-state index contributed by atoms with van der Waals surface area (Å²) in [7, 11) is 0. The van der Waals surface area contributed by atoms with Crippen LogP contribution in [0.15, 0.2) is 65.7 Å². The van der Waals surface area contributed by atoms with E-state index in [0.29, 0.717) is 51.9 Å². The van der Waals surface area contributed by atoms with Gasteiger partial charge >= 0.3 is 6.09 Å². The zero-order chi connectivity index (χ0) is 38.4. The van der Waals surface area contributed by atoms with Gasteiger partial charge < -0.3 is 42.6 Å². The summed E-state index contributed by atoms with van der Waals surface area (Å²) >= 11 is 0. The summed E-state index contributed by atoms with van der Waals surface area (Å²) in [5, 5.41) is 8.42. The van der Waals surface area contributed by atoms with Crippen molar-refractivity contribution in [2.45, 2.75) is 89.8 Å². The smallest absolute Gasteiger partial charge is 0.407 e. The van der Waals surface area contributed by atoms with Crippen molar-refractivity contribution in [3.63, 3.8) is 0 Å². The number of hydrogen-bond acceptors (Lipinski definition) is 8. The number of nitrogens with zero attached hydrogens (tertiary/aromatic N) is 1. The molecule has 4 amide bonds. The van der Waals surface area contributed by atoms with Crippen molar-refractivity contribution in [1.29, 1.82) is 0 Å². The maximum absolute atomic E-state index is 13.9. The zero-order valence-electron chi connectivity index (χ0n) is 30.8. The van der Waals surface area contributed by atoms with E-state index in [2.05, 4.69) is 20.9 Å². The quantitative estimate of drug-likeness (QED) is 0.0559. The first-order valence-electron chi connectivity index (χ1n) is 18.6. The molecule has 2 aromatic rings. The first kappa shape index (κ1) is 42.4. The first-order chi connectivity index (χ1) is 25.5. The van der Waals surface area contributed by atoms with Gasteiger partial charge in [-0.1, -0.05) is 67.6 Å². The van der Waals surface area contributed by atoms with Gasteiger partial charge in [0.1, 0.15) is 12.6 Å². The van der Waals surface area contributed by atoms with E-state index in [1.807, 2.05) is 67.6 Å². The lowest BCUT2D eigenvalue weighted by Crippen LogP contribution is -2.49. The summed E-state index contributed by atoms with van der Waals surface area (Å²) in [6, 6.07) is 17.1. The Morgan fingerprint density at radius 3 is 2.09 bits per heavy atom. The molecule has 0 radical (unpaired) electrons. The Kier molecular flexibility index (Phi) is 18.9. The number of nitrogens with two attached hydrogens (primary N) is 3. The lowest BCUT2D eigenvalue weighted by atomic mass is 9.84. The third-order valence-electron chi connectivity index (χ3n) is 9.32. The maximum Gasteiger partial charge on any atom is 0.407 e. The summed E-state index contributed by atoms with van der Waals surface area (Å²) < 4.78 is 10.7. The maximum atomic E-state index is 13.9. The molecule has 1 saturated heterocycles. The lowest BCUT2D eigenvalue weighted by Gasteiger charge is -2.28. The predicted molar refractivity (Wildman–Crippen MR) is 202 cm³/mol. The molecule has 0 aliphatic carbocycles. The van der Waals surface area contributed by atoms with Crippen LogP contribution in [0.25, 0.3) is 0 Å². The first-order valence-corrected chi connectivity index (χ1v) is 18.6. The highest BCUT2D eigenvalue weighted by atomic mass is 16.5. The fourth-order valence-electron chi connectivity index (χ4n) is 6.26. The Hall–Kier alpha value is -4.98. The van der Waals surface area contributed by atoms with Gasteiger partial charge in [0.05, 0.1) is 6.04 Å². The third-order valence-corrected chi connectivity index (χ3v) is 9.32. The van der Waals surface area contributed by atoms with E-state index in [1.54, 1.807) is 0 Å². The Balaban J connectivity index is 1.61. The molecule has 14 nitrogen and oxygen atoms in total. The fourth-order valence-corrected chi connectivity index (χ4v) is 6.26. The average Bonchev–Trinajstić information content (AvgIpc) is 3.15. The van der Waals surface area contributed by atoms with Crippen molar-refractivity contribution in [3.8, 4) is 0 Å². The van der Waals surface area contributed by atoms with Crippen molar-refractivity contribution < 1.29 is 33.4 Å². The van der Waals surface area contributed by atoms with E-state index in [0.717, 1.165) is 24.0 Å². The number of primary amides is 1. The minimum Gasteiger partial charge on any atom is -0.445 e. The van der Waals surface area contributed by atoms with Gasteiger partial charge in [-0.15, -0.1) is 0 Å². The minimum absolute atomic E-state index is 0.0665. The Labute approximate surface area is 312 Å². The molecule has 1 aliphatic rings. The normalized spacial score (nSPS) is 15.2. The number of benzene rings is 2. The molecule has 290 valence electrons. The third kappa shape index (κ3) is 16.9. The Bertz CT molecular complexity index is 1470. The van der Waals surface area contributed by atoms with Crippen LogP contribution in [-0.4, -0.2) is 73.9 Å². The molecule has 53 heavy (non-hydrogen) atoms. The second-order valence-electron chi connectivity index (χ2n) is 13.7. The number of amides is 4. The van der Waals surface area contributed by atoms with Crippen molar-refractivity contribution in [2.75, 3.05) is 26.3 Å². The van der Waals surface area contributed by atoms with E-state index in [9.17, 15) is 24.0 Å². The van der Waals surface area contributed by atoms with Gasteiger partial charge in [-0.05, 0) is 74.8 Å². The number of nitrogens with one attached hydrogen (secondary N) is 3. The summed E-state index contributed by atoms with van der Waals surface area (Å²) in [5.41, 5.74) is 18.5. The van der Waals surface area contributed by atoms with Gasteiger partial charge in [-0.3, -0.25) is 24.2 Å². The molecule has 3 rings (SSSR count). The van der Waals surface area contributed by atoms with Crippen LogP contribution in [0.3, 0.4) is 0 Å². The van der Waals surface area contributed by atoms with Crippen LogP contribution in [0.4, 0.5) is 4.79 Å². The number of guanidine groups is 1. The molecule has 2 aromatic carbocycles. The Morgan fingerprint density at radius 2 is 1.45 bits per heavy atom. The monoisotopic (exact) mass is 735 g/mol. The molecule has 0 unspecified atom stereocenters. The van der Waals surface area contributed by atoms with E-state index in [4.69, 9.17) is 26.7 Å². The van der Waals surface area contributed by atoms with Crippen LogP contribution in [0, 0.1) is 17.8 Å². The number of ketones is 1. The number of carbonyl (C=O) groups excluding carboxylic acids is 5. The molecular formula is C39H57N7O7. The SMILES string of the molecule is C[C@@H](Cc1ccccc1)C(=O)N[C@H](CCCN=C(N)N)C(=O)C[C@@H](CC1CCOCC1)C(=O)N[C@@H](CCCCNC(=O)OCc1ccccc1)C(N)=O. The summed E-state index contributed by atoms with van der Waals surface area (Å²) in [4.78, 5) is 69.6. The number of hydrogen-bond donors (Lipinski definition) is 6. The Morgan fingerprint density at radius 1 is 0.830 bits per heavy atom. The number of Topliss-reactive ketones (excluding diaryl/α,β-unsaturated/α-hetero) is 1. The number of unbranched alkanes of at least 4 members (excludes halogenated alkanes) is 1. The second-order valence-corrected chi connectivity index (χ2v) is 13.7. The molecule has 4 atom stereocenters. The highest BCUT2D eigenvalue weighted by Crippen LogP contribution is 2.26. The largest absolute Gasteiger partial charge is 0.445 e. The average molecular weight is 736 g/mol. The molecule has 9 N–H and O–H groups in total.